The van der Waals surface area contributed by atoms with Gasteiger partial charge in [0.25, 0.3) is 0 Å². The summed E-state index contributed by atoms with van der Waals surface area (Å²) in [6.45, 7) is 3.13. The predicted octanol–water partition coefficient (Wildman–Crippen LogP) is 3.54. The quantitative estimate of drug-likeness (QED) is 0.706. The zero-order chi connectivity index (χ0) is 19.1. The van der Waals surface area contributed by atoms with Gasteiger partial charge >= 0.3 is 0 Å². The monoisotopic (exact) mass is 392 g/mol. The first-order valence-corrected chi connectivity index (χ1v) is 9.61. The van der Waals surface area contributed by atoms with E-state index in [1.165, 1.54) is 12.1 Å². The number of nitrogens with zero attached hydrogens (tertiary/aromatic N) is 1. The fraction of sp³-hybridized carbons (Fsp3) is 0.167. The molecule has 0 aliphatic carbocycles. The lowest BCUT2D eigenvalue weighted by molar-refractivity contribution is 0.0490. The zero-order valence-electron chi connectivity index (χ0n) is 14.1. The SMILES string of the molecule is CC(C)(O)c1nc(-c2cccc(Cl)c2)c(-c2ccc(S(N)(=O)=O)cc2)o1. The number of oxazole rings is 1. The van der Waals surface area contributed by atoms with Gasteiger partial charge in [-0.15, -0.1) is 0 Å². The van der Waals surface area contributed by atoms with Crippen LogP contribution in [0.5, 0.6) is 0 Å². The van der Waals surface area contributed by atoms with E-state index in [0.29, 0.717) is 27.6 Å². The van der Waals surface area contributed by atoms with Crippen LogP contribution in [0.2, 0.25) is 5.02 Å². The average Bonchev–Trinajstić information content (AvgIpc) is 3.00. The third-order valence-electron chi connectivity index (χ3n) is 3.69. The van der Waals surface area contributed by atoms with Gasteiger partial charge in [0.15, 0.2) is 5.76 Å². The number of halogens is 1. The number of hydrogen-bond acceptors (Lipinski definition) is 5. The Balaban J connectivity index is 2.18. The van der Waals surface area contributed by atoms with Crippen LogP contribution in [0.25, 0.3) is 22.6 Å². The molecule has 0 aliphatic heterocycles. The standard InChI is InChI=1S/C18H17ClN2O4S/c1-18(2,22)17-21-15(12-4-3-5-13(19)10-12)16(25-17)11-6-8-14(9-7-11)26(20,23)24/h3-10,22H,1-2H3,(H2,20,23,24). The summed E-state index contributed by atoms with van der Waals surface area (Å²) in [5.41, 5.74) is 0.511. The van der Waals surface area contributed by atoms with Crippen LogP contribution < -0.4 is 5.14 Å². The van der Waals surface area contributed by atoms with Crippen LogP contribution in [0.15, 0.2) is 57.8 Å². The number of sulfonamides is 1. The van der Waals surface area contributed by atoms with Crippen LogP contribution in [0.4, 0.5) is 0 Å². The van der Waals surface area contributed by atoms with Gasteiger partial charge in [0.05, 0.1) is 4.90 Å². The predicted molar refractivity (Wildman–Crippen MR) is 99.0 cm³/mol. The topological polar surface area (TPSA) is 106 Å². The van der Waals surface area contributed by atoms with Crippen LogP contribution in [-0.2, 0) is 15.6 Å². The molecule has 136 valence electrons. The molecule has 1 heterocycles. The molecule has 0 radical (unpaired) electrons. The molecule has 0 saturated heterocycles. The van der Waals surface area contributed by atoms with E-state index in [1.807, 2.05) is 6.07 Å². The Bertz CT molecular complexity index is 1050. The number of nitrogens with two attached hydrogens (primary N) is 1. The maximum absolute atomic E-state index is 11.4. The molecule has 0 aliphatic rings. The summed E-state index contributed by atoms with van der Waals surface area (Å²) in [4.78, 5) is 4.42. The summed E-state index contributed by atoms with van der Waals surface area (Å²) < 4.78 is 28.7. The molecule has 0 saturated carbocycles. The minimum absolute atomic E-state index is 0.00668. The van der Waals surface area contributed by atoms with Gasteiger partial charge in [-0.1, -0.05) is 23.7 Å². The highest BCUT2D eigenvalue weighted by Gasteiger charge is 2.27. The van der Waals surface area contributed by atoms with Gasteiger partial charge in [-0.25, -0.2) is 18.5 Å². The number of aliphatic hydroxyl groups is 1. The summed E-state index contributed by atoms with van der Waals surface area (Å²) in [5, 5.41) is 15.9. The van der Waals surface area contributed by atoms with E-state index in [-0.39, 0.29) is 10.8 Å². The van der Waals surface area contributed by atoms with Gasteiger partial charge in [0.1, 0.15) is 11.3 Å². The third-order valence-corrected chi connectivity index (χ3v) is 4.86. The summed E-state index contributed by atoms with van der Waals surface area (Å²) in [7, 11) is -3.79. The fourth-order valence-electron chi connectivity index (χ4n) is 2.40. The van der Waals surface area contributed by atoms with Crippen molar-refractivity contribution in [3.05, 3.63) is 59.4 Å². The van der Waals surface area contributed by atoms with Crippen molar-refractivity contribution in [1.29, 1.82) is 0 Å². The molecule has 0 bridgehead atoms. The molecule has 3 N–H and O–H groups in total. The Labute approximate surface area is 156 Å². The van der Waals surface area contributed by atoms with Crippen LogP contribution in [0, 0.1) is 0 Å². The maximum atomic E-state index is 11.4. The van der Waals surface area contributed by atoms with Gasteiger partial charge in [-0.3, -0.25) is 0 Å². The second-order valence-electron chi connectivity index (χ2n) is 6.34. The molecule has 26 heavy (non-hydrogen) atoms. The molecule has 0 amide bonds. The number of primary sulfonamides is 1. The Kier molecular flexibility index (Phi) is 4.66. The van der Waals surface area contributed by atoms with Crippen molar-refractivity contribution in [3.63, 3.8) is 0 Å². The van der Waals surface area contributed by atoms with Crippen LogP contribution in [0.1, 0.15) is 19.7 Å². The Morgan fingerprint density at radius 3 is 2.31 bits per heavy atom. The van der Waals surface area contributed by atoms with Gasteiger partial charge < -0.3 is 9.52 Å². The average molecular weight is 393 g/mol. The number of hydrogen-bond donors (Lipinski definition) is 2. The third kappa shape index (κ3) is 3.81. The molecule has 0 unspecified atom stereocenters. The largest absolute Gasteiger partial charge is 0.437 e. The van der Waals surface area contributed by atoms with Gasteiger partial charge in [0, 0.05) is 16.1 Å². The van der Waals surface area contributed by atoms with Gasteiger partial charge in [-0.2, -0.15) is 0 Å². The highest BCUT2D eigenvalue weighted by Crippen LogP contribution is 2.36. The highest BCUT2D eigenvalue weighted by molar-refractivity contribution is 7.89. The van der Waals surface area contributed by atoms with Crippen molar-refractivity contribution < 1.29 is 17.9 Å². The Morgan fingerprint density at radius 1 is 1.12 bits per heavy atom. The summed E-state index contributed by atoms with van der Waals surface area (Å²) in [6.07, 6.45) is 0. The second kappa shape index (κ2) is 6.51. The van der Waals surface area contributed by atoms with Crippen molar-refractivity contribution >= 4 is 21.6 Å². The van der Waals surface area contributed by atoms with Crippen molar-refractivity contribution in [2.75, 3.05) is 0 Å². The van der Waals surface area contributed by atoms with Crippen molar-refractivity contribution in [3.8, 4) is 22.6 Å². The second-order valence-corrected chi connectivity index (χ2v) is 8.33. The summed E-state index contributed by atoms with van der Waals surface area (Å²) in [5.74, 6) is 0.531. The molecule has 0 atom stereocenters. The maximum Gasteiger partial charge on any atom is 0.238 e. The molecular weight excluding hydrogens is 376 g/mol. The van der Waals surface area contributed by atoms with E-state index in [0.717, 1.165) is 0 Å². The molecule has 8 heteroatoms. The van der Waals surface area contributed by atoms with E-state index in [1.54, 1.807) is 44.2 Å². The summed E-state index contributed by atoms with van der Waals surface area (Å²) in [6, 6.07) is 13.0. The molecule has 3 aromatic rings. The van der Waals surface area contributed by atoms with Crippen LogP contribution >= 0.6 is 11.6 Å². The molecule has 6 nitrogen and oxygen atoms in total. The lowest BCUT2D eigenvalue weighted by Gasteiger charge is -2.11. The van der Waals surface area contributed by atoms with Gasteiger partial charge in [-0.05, 0) is 50.2 Å². The minimum atomic E-state index is -3.79. The molecule has 3 rings (SSSR count). The first kappa shape index (κ1) is 18.6. The first-order valence-electron chi connectivity index (χ1n) is 7.68. The molecular formula is C18H17ClN2O4S. The normalized spacial score (nSPS) is 12.3. The molecule has 2 aromatic carbocycles. The lowest BCUT2D eigenvalue weighted by atomic mass is 10.1. The van der Waals surface area contributed by atoms with E-state index in [9.17, 15) is 13.5 Å². The van der Waals surface area contributed by atoms with Crippen LogP contribution in [0.3, 0.4) is 0 Å². The van der Waals surface area contributed by atoms with Crippen molar-refractivity contribution in [2.24, 2.45) is 5.14 Å². The van der Waals surface area contributed by atoms with E-state index in [2.05, 4.69) is 4.98 Å². The lowest BCUT2D eigenvalue weighted by Crippen LogP contribution is -2.15. The van der Waals surface area contributed by atoms with Crippen LogP contribution in [-0.4, -0.2) is 18.5 Å². The zero-order valence-corrected chi connectivity index (χ0v) is 15.7. The number of benzene rings is 2. The Hall–Kier alpha value is -2.19. The highest BCUT2D eigenvalue weighted by atomic mass is 35.5. The summed E-state index contributed by atoms with van der Waals surface area (Å²) >= 11 is 6.07. The Morgan fingerprint density at radius 2 is 1.77 bits per heavy atom. The molecule has 0 spiro atoms. The van der Waals surface area contributed by atoms with Crippen molar-refractivity contribution in [1.82, 2.24) is 4.98 Å². The molecule has 0 fully saturated rings. The first-order chi connectivity index (χ1) is 12.1. The smallest absolute Gasteiger partial charge is 0.238 e. The van der Waals surface area contributed by atoms with Gasteiger partial charge in [0.2, 0.25) is 15.9 Å². The number of rotatable bonds is 4. The van der Waals surface area contributed by atoms with E-state index < -0.39 is 15.6 Å². The van der Waals surface area contributed by atoms with Crippen molar-refractivity contribution in [2.45, 2.75) is 24.3 Å². The molecule has 1 aromatic heterocycles. The van der Waals surface area contributed by atoms with E-state index in [4.69, 9.17) is 21.2 Å². The van der Waals surface area contributed by atoms with E-state index >= 15 is 0 Å². The fourth-order valence-corrected chi connectivity index (χ4v) is 3.11. The number of aromatic nitrogens is 1. The minimum Gasteiger partial charge on any atom is -0.437 e.